The second kappa shape index (κ2) is 2.81. The molecule has 12 heavy (non-hydrogen) atoms. The van der Waals surface area contributed by atoms with Gasteiger partial charge >= 0.3 is 0 Å². The Balaban J connectivity index is 2.48. The van der Waals surface area contributed by atoms with Gasteiger partial charge in [-0.25, -0.2) is 0 Å². The maximum Gasteiger partial charge on any atom is 0.0981 e. The van der Waals surface area contributed by atoms with Gasteiger partial charge in [-0.15, -0.1) is 0 Å². The summed E-state index contributed by atoms with van der Waals surface area (Å²) in [4.78, 5) is 4.10. The zero-order valence-corrected chi connectivity index (χ0v) is 6.82. The third-order valence-corrected chi connectivity index (χ3v) is 1.73. The number of pyridine rings is 1. The molecule has 0 amide bonds. The molecule has 2 heterocycles. The van der Waals surface area contributed by atoms with Gasteiger partial charge < -0.3 is 4.42 Å². The molecule has 0 radical (unpaired) electrons. The van der Waals surface area contributed by atoms with Crippen molar-refractivity contribution in [2.24, 2.45) is 0 Å². The zero-order chi connectivity index (χ0) is 8.39. The molecule has 0 spiro atoms. The van der Waals surface area contributed by atoms with E-state index < -0.39 is 0 Å². The van der Waals surface area contributed by atoms with Gasteiger partial charge in [-0.1, -0.05) is 0 Å². The van der Waals surface area contributed by atoms with E-state index in [0.717, 1.165) is 16.7 Å². The number of rotatable bonds is 1. The first kappa shape index (κ1) is 7.10. The summed E-state index contributed by atoms with van der Waals surface area (Å²) in [6.07, 6.45) is 7.05. The largest absolute Gasteiger partial charge is 0.472 e. The predicted octanol–water partition coefficient (Wildman–Crippen LogP) is 2.65. The second-order valence-electron chi connectivity index (χ2n) is 2.76. The fourth-order valence-electron chi connectivity index (χ4n) is 1.14. The van der Waals surface area contributed by atoms with Crippen molar-refractivity contribution in [3.63, 3.8) is 0 Å². The molecule has 2 nitrogen and oxygen atoms in total. The van der Waals surface area contributed by atoms with E-state index in [-0.39, 0.29) is 0 Å². The number of nitrogens with zero attached hydrogens (tertiary/aromatic N) is 1. The Bertz CT molecular complexity index is 365. The highest BCUT2D eigenvalue weighted by molar-refractivity contribution is 5.61. The first-order valence-corrected chi connectivity index (χ1v) is 3.80. The van der Waals surface area contributed by atoms with E-state index in [1.54, 1.807) is 12.5 Å². The van der Waals surface area contributed by atoms with Crippen molar-refractivity contribution in [1.29, 1.82) is 0 Å². The molecular weight excluding hydrogens is 150 g/mol. The number of aryl methyl sites for hydroxylation is 1. The van der Waals surface area contributed by atoms with Crippen LogP contribution in [0.15, 0.2) is 41.5 Å². The lowest BCUT2D eigenvalue weighted by atomic mass is 10.1. The quantitative estimate of drug-likeness (QED) is 0.639. The van der Waals surface area contributed by atoms with Crippen LogP contribution in [-0.2, 0) is 0 Å². The van der Waals surface area contributed by atoms with Crippen molar-refractivity contribution < 1.29 is 4.42 Å². The van der Waals surface area contributed by atoms with E-state index in [9.17, 15) is 0 Å². The SMILES string of the molecule is Cc1cncc(-c2ccoc2)c1. The molecule has 0 saturated carbocycles. The Morgan fingerprint density at radius 3 is 2.83 bits per heavy atom. The van der Waals surface area contributed by atoms with Crippen LogP contribution in [0.1, 0.15) is 5.56 Å². The summed E-state index contributed by atoms with van der Waals surface area (Å²) >= 11 is 0. The Morgan fingerprint density at radius 2 is 2.17 bits per heavy atom. The minimum Gasteiger partial charge on any atom is -0.472 e. The summed E-state index contributed by atoms with van der Waals surface area (Å²) in [6, 6.07) is 4.01. The molecule has 0 aliphatic heterocycles. The lowest BCUT2D eigenvalue weighted by Gasteiger charge is -1.96. The van der Waals surface area contributed by atoms with Gasteiger partial charge in [0.15, 0.2) is 0 Å². The van der Waals surface area contributed by atoms with E-state index in [1.165, 1.54) is 0 Å². The van der Waals surface area contributed by atoms with Crippen LogP contribution in [-0.4, -0.2) is 4.98 Å². The van der Waals surface area contributed by atoms with Gasteiger partial charge in [0.25, 0.3) is 0 Å². The van der Waals surface area contributed by atoms with Crippen LogP contribution >= 0.6 is 0 Å². The van der Waals surface area contributed by atoms with Crippen LogP contribution in [0.2, 0.25) is 0 Å². The van der Waals surface area contributed by atoms with Crippen molar-refractivity contribution in [2.75, 3.05) is 0 Å². The number of aromatic nitrogens is 1. The molecule has 0 atom stereocenters. The first-order chi connectivity index (χ1) is 5.86. The minimum absolute atomic E-state index is 1.08. The van der Waals surface area contributed by atoms with Crippen LogP contribution < -0.4 is 0 Å². The number of hydrogen-bond donors (Lipinski definition) is 0. The Morgan fingerprint density at radius 1 is 1.25 bits per heavy atom. The van der Waals surface area contributed by atoms with Gasteiger partial charge in [-0.3, -0.25) is 4.98 Å². The molecule has 0 aromatic carbocycles. The molecule has 0 bridgehead atoms. The summed E-state index contributed by atoms with van der Waals surface area (Å²) in [7, 11) is 0. The van der Waals surface area contributed by atoms with Crippen molar-refractivity contribution >= 4 is 0 Å². The lowest BCUT2D eigenvalue weighted by Crippen LogP contribution is -1.79. The molecule has 0 aliphatic rings. The molecule has 2 heteroatoms. The van der Waals surface area contributed by atoms with Crippen molar-refractivity contribution in [2.45, 2.75) is 6.92 Å². The van der Waals surface area contributed by atoms with E-state index in [4.69, 9.17) is 4.42 Å². The average molecular weight is 159 g/mol. The first-order valence-electron chi connectivity index (χ1n) is 3.80. The Labute approximate surface area is 70.9 Å². The van der Waals surface area contributed by atoms with E-state index in [0.29, 0.717) is 0 Å². The summed E-state index contributed by atoms with van der Waals surface area (Å²) in [6.45, 7) is 2.02. The third kappa shape index (κ3) is 1.23. The molecule has 2 aromatic rings. The molecule has 0 fully saturated rings. The zero-order valence-electron chi connectivity index (χ0n) is 6.82. The van der Waals surface area contributed by atoms with Crippen LogP contribution in [0.5, 0.6) is 0 Å². The predicted molar refractivity (Wildman–Crippen MR) is 46.7 cm³/mol. The van der Waals surface area contributed by atoms with Gasteiger partial charge in [0.2, 0.25) is 0 Å². The monoisotopic (exact) mass is 159 g/mol. The lowest BCUT2D eigenvalue weighted by molar-refractivity contribution is 0.568. The molecule has 0 aliphatic carbocycles. The molecule has 60 valence electrons. The molecule has 2 aromatic heterocycles. The minimum atomic E-state index is 1.08. The standard InChI is InChI=1S/C10H9NO/c1-8-4-10(6-11-5-8)9-2-3-12-7-9/h2-7H,1H3. The Hall–Kier alpha value is -1.57. The molecular formula is C10H9NO. The number of hydrogen-bond acceptors (Lipinski definition) is 2. The van der Waals surface area contributed by atoms with Crippen molar-refractivity contribution in [3.05, 3.63) is 42.6 Å². The van der Waals surface area contributed by atoms with Gasteiger partial charge in [0.05, 0.1) is 12.5 Å². The summed E-state index contributed by atoms with van der Waals surface area (Å²) < 4.78 is 4.98. The summed E-state index contributed by atoms with van der Waals surface area (Å²) in [5.74, 6) is 0. The topological polar surface area (TPSA) is 26.0 Å². The van der Waals surface area contributed by atoms with Gasteiger partial charge in [-0.2, -0.15) is 0 Å². The van der Waals surface area contributed by atoms with Gasteiger partial charge in [-0.05, 0) is 24.6 Å². The third-order valence-electron chi connectivity index (χ3n) is 1.73. The van der Waals surface area contributed by atoms with Crippen LogP contribution in [0.25, 0.3) is 11.1 Å². The van der Waals surface area contributed by atoms with E-state index in [2.05, 4.69) is 11.1 Å². The maximum absolute atomic E-state index is 4.98. The molecule has 0 unspecified atom stereocenters. The highest BCUT2D eigenvalue weighted by atomic mass is 16.3. The maximum atomic E-state index is 4.98. The molecule has 2 rings (SSSR count). The number of furan rings is 1. The Kier molecular flexibility index (Phi) is 1.67. The molecule has 0 saturated heterocycles. The van der Waals surface area contributed by atoms with Crippen molar-refractivity contribution in [1.82, 2.24) is 4.98 Å². The summed E-state index contributed by atoms with van der Waals surface area (Å²) in [5, 5.41) is 0. The fourth-order valence-corrected chi connectivity index (χ4v) is 1.14. The molecule has 0 N–H and O–H groups in total. The van der Waals surface area contributed by atoms with Crippen molar-refractivity contribution in [3.8, 4) is 11.1 Å². The van der Waals surface area contributed by atoms with E-state index >= 15 is 0 Å². The fraction of sp³-hybridized carbons (Fsp3) is 0.100. The van der Waals surface area contributed by atoms with E-state index in [1.807, 2.05) is 25.4 Å². The van der Waals surface area contributed by atoms with Crippen LogP contribution in [0.3, 0.4) is 0 Å². The highest BCUT2D eigenvalue weighted by Gasteiger charge is 1.98. The van der Waals surface area contributed by atoms with Crippen LogP contribution in [0, 0.1) is 6.92 Å². The smallest absolute Gasteiger partial charge is 0.0981 e. The second-order valence-corrected chi connectivity index (χ2v) is 2.76. The average Bonchev–Trinajstić information content (AvgIpc) is 2.56. The summed E-state index contributed by atoms with van der Waals surface area (Å²) in [5.41, 5.74) is 3.34. The normalized spacial score (nSPS) is 10.1. The highest BCUT2D eigenvalue weighted by Crippen LogP contribution is 2.18. The van der Waals surface area contributed by atoms with Crippen LogP contribution in [0.4, 0.5) is 0 Å². The van der Waals surface area contributed by atoms with Gasteiger partial charge in [0.1, 0.15) is 0 Å². The van der Waals surface area contributed by atoms with Gasteiger partial charge in [0, 0.05) is 23.5 Å².